The van der Waals surface area contributed by atoms with E-state index >= 15 is 0 Å². The predicted octanol–water partition coefficient (Wildman–Crippen LogP) is 6.13. The molecule has 3 heterocycles. The highest BCUT2D eigenvalue weighted by atomic mass is 32.1. The number of carbonyl (C=O) groups is 2. The van der Waals surface area contributed by atoms with Crippen molar-refractivity contribution >= 4 is 23.2 Å². The van der Waals surface area contributed by atoms with Gasteiger partial charge >= 0.3 is 0 Å². The van der Waals surface area contributed by atoms with Gasteiger partial charge in [-0.2, -0.15) is 0 Å². The Bertz CT molecular complexity index is 1210. The van der Waals surface area contributed by atoms with Crippen molar-refractivity contribution in [1.29, 1.82) is 0 Å². The van der Waals surface area contributed by atoms with E-state index < -0.39 is 5.92 Å². The van der Waals surface area contributed by atoms with Crippen molar-refractivity contribution in [3.05, 3.63) is 81.9 Å². The highest BCUT2D eigenvalue weighted by Gasteiger charge is 2.47. The van der Waals surface area contributed by atoms with Crippen molar-refractivity contribution in [3.63, 3.8) is 0 Å². The number of rotatable bonds is 9. The molecular formula is C31H37N3O3S. The van der Waals surface area contributed by atoms with Crippen molar-refractivity contribution in [2.45, 2.75) is 82.0 Å². The number of carbonyl (C=O) groups excluding carboxylic acids is 2. The maximum Gasteiger partial charge on any atom is 0.254 e. The average molecular weight is 532 g/mol. The molecule has 2 amide bonds. The number of nitrogens with one attached hydrogen (secondary N) is 1. The van der Waals surface area contributed by atoms with Crippen LogP contribution in [0.5, 0.6) is 0 Å². The molecule has 0 radical (unpaired) electrons. The van der Waals surface area contributed by atoms with Crippen molar-refractivity contribution < 1.29 is 14.0 Å². The van der Waals surface area contributed by atoms with E-state index in [0.717, 1.165) is 55.0 Å². The quantitative estimate of drug-likeness (QED) is 0.361. The Kier molecular flexibility index (Phi) is 7.65. The average Bonchev–Trinajstić information content (AvgIpc) is 3.76. The van der Waals surface area contributed by atoms with Crippen LogP contribution < -0.4 is 5.32 Å². The lowest BCUT2D eigenvalue weighted by atomic mass is 9.80. The Labute approximate surface area is 229 Å². The van der Waals surface area contributed by atoms with Gasteiger partial charge < -0.3 is 14.6 Å². The third-order valence-electron chi connectivity index (χ3n) is 8.69. The highest BCUT2D eigenvalue weighted by Crippen LogP contribution is 2.47. The molecule has 2 aliphatic carbocycles. The van der Waals surface area contributed by atoms with Gasteiger partial charge in [0.05, 0.1) is 24.8 Å². The molecule has 2 saturated carbocycles. The zero-order chi connectivity index (χ0) is 25.9. The van der Waals surface area contributed by atoms with Gasteiger partial charge in [-0.3, -0.25) is 14.5 Å². The van der Waals surface area contributed by atoms with Crippen LogP contribution in [0.3, 0.4) is 0 Å². The minimum Gasteiger partial charge on any atom is -0.468 e. The minimum absolute atomic E-state index is 0.00992. The standard InChI is InChI=1S/C31H37N3O3S/c35-30(32-17-18-33(22-9-1-2-10-22)21-24-13-7-19-37-24)28-25-14-5-6-15-26(25)31(36)34(23-11-3-4-12-23)29(28)27-16-8-20-38-27/h5-8,13-16,19-20,22-23,28-29H,1-4,9-12,17-18,21H2,(H,32,35)/t28-,29+/m1/s1. The first-order valence-electron chi connectivity index (χ1n) is 14.2. The van der Waals surface area contributed by atoms with Crippen LogP contribution in [0, 0.1) is 0 Å². The number of hydrogen-bond acceptors (Lipinski definition) is 5. The smallest absolute Gasteiger partial charge is 0.254 e. The summed E-state index contributed by atoms with van der Waals surface area (Å²) in [5, 5.41) is 5.35. The second-order valence-electron chi connectivity index (χ2n) is 11.0. The zero-order valence-electron chi connectivity index (χ0n) is 21.9. The maximum atomic E-state index is 14.1. The van der Waals surface area contributed by atoms with Crippen LogP contribution in [0.1, 0.15) is 89.9 Å². The summed E-state index contributed by atoms with van der Waals surface area (Å²) in [6.45, 7) is 2.12. The molecule has 2 aromatic heterocycles. The van der Waals surface area contributed by atoms with E-state index in [1.807, 2.05) is 42.5 Å². The van der Waals surface area contributed by atoms with Crippen molar-refractivity contribution in [2.24, 2.45) is 0 Å². The minimum atomic E-state index is -0.423. The third kappa shape index (κ3) is 5.06. The van der Waals surface area contributed by atoms with Gasteiger partial charge in [-0.05, 0) is 60.9 Å². The lowest BCUT2D eigenvalue weighted by Gasteiger charge is -2.44. The molecule has 7 heteroatoms. The van der Waals surface area contributed by atoms with Gasteiger partial charge in [0.25, 0.3) is 5.91 Å². The van der Waals surface area contributed by atoms with Crippen LogP contribution in [0.15, 0.2) is 64.6 Å². The molecule has 1 aliphatic heterocycles. The summed E-state index contributed by atoms with van der Waals surface area (Å²) in [5.74, 6) is 0.623. The Hall–Kier alpha value is -2.90. The summed E-state index contributed by atoms with van der Waals surface area (Å²) in [6, 6.07) is 16.3. The zero-order valence-corrected chi connectivity index (χ0v) is 22.7. The summed E-state index contributed by atoms with van der Waals surface area (Å²) in [7, 11) is 0. The molecule has 200 valence electrons. The number of amides is 2. The lowest BCUT2D eigenvalue weighted by molar-refractivity contribution is -0.124. The van der Waals surface area contributed by atoms with E-state index in [4.69, 9.17) is 4.42 Å². The van der Waals surface area contributed by atoms with Gasteiger partial charge in [-0.15, -0.1) is 11.3 Å². The van der Waals surface area contributed by atoms with Gasteiger partial charge in [0, 0.05) is 35.6 Å². The van der Waals surface area contributed by atoms with Crippen LogP contribution in [0.25, 0.3) is 0 Å². The lowest BCUT2D eigenvalue weighted by Crippen LogP contribution is -2.51. The molecule has 0 unspecified atom stereocenters. The van der Waals surface area contributed by atoms with E-state index in [9.17, 15) is 9.59 Å². The molecule has 6 rings (SSSR count). The van der Waals surface area contributed by atoms with Gasteiger partial charge in [-0.1, -0.05) is 49.9 Å². The topological polar surface area (TPSA) is 65.8 Å². The molecule has 0 bridgehead atoms. The molecule has 6 nitrogen and oxygen atoms in total. The molecule has 1 aromatic carbocycles. The normalized spacial score (nSPS) is 22.3. The Morgan fingerprint density at radius 2 is 1.79 bits per heavy atom. The van der Waals surface area contributed by atoms with E-state index in [0.29, 0.717) is 18.2 Å². The predicted molar refractivity (Wildman–Crippen MR) is 149 cm³/mol. The van der Waals surface area contributed by atoms with Crippen LogP contribution >= 0.6 is 11.3 Å². The first kappa shape index (κ1) is 25.4. The summed E-state index contributed by atoms with van der Waals surface area (Å²) < 4.78 is 5.65. The van der Waals surface area contributed by atoms with Gasteiger partial charge in [0.15, 0.2) is 0 Å². The molecule has 3 aromatic rings. The number of furan rings is 1. The number of fused-ring (bicyclic) bond motifs is 1. The number of hydrogen-bond donors (Lipinski definition) is 1. The molecule has 1 N–H and O–H groups in total. The summed E-state index contributed by atoms with van der Waals surface area (Å²) in [5.41, 5.74) is 1.53. The summed E-state index contributed by atoms with van der Waals surface area (Å²) in [4.78, 5) is 33.5. The Morgan fingerprint density at radius 1 is 1.00 bits per heavy atom. The third-order valence-corrected chi connectivity index (χ3v) is 9.63. The fraction of sp³-hybridized carbons (Fsp3) is 0.484. The van der Waals surface area contributed by atoms with E-state index in [-0.39, 0.29) is 23.9 Å². The van der Waals surface area contributed by atoms with E-state index in [2.05, 4.69) is 26.6 Å². The SMILES string of the molecule is O=C(NCCN(Cc1ccco1)C1CCCC1)[C@@H]1c2ccccc2C(=O)N(C2CCCC2)[C@H]1c1cccs1. The summed E-state index contributed by atoms with van der Waals surface area (Å²) in [6.07, 6.45) is 10.9. The maximum absolute atomic E-state index is 14.1. The first-order chi connectivity index (χ1) is 18.7. The Balaban J connectivity index is 1.25. The first-order valence-corrected chi connectivity index (χ1v) is 15.1. The second-order valence-corrected chi connectivity index (χ2v) is 11.9. The molecule has 2 atom stereocenters. The monoisotopic (exact) mass is 531 g/mol. The molecule has 2 fully saturated rings. The number of nitrogens with zero attached hydrogens (tertiary/aromatic N) is 2. The van der Waals surface area contributed by atoms with Crippen molar-refractivity contribution in [2.75, 3.05) is 13.1 Å². The van der Waals surface area contributed by atoms with Crippen molar-refractivity contribution in [3.8, 4) is 0 Å². The van der Waals surface area contributed by atoms with Gasteiger partial charge in [-0.25, -0.2) is 0 Å². The molecule has 0 spiro atoms. The fourth-order valence-electron chi connectivity index (χ4n) is 6.88. The largest absolute Gasteiger partial charge is 0.468 e. The van der Waals surface area contributed by atoms with Crippen LogP contribution in [-0.2, 0) is 11.3 Å². The number of benzene rings is 1. The van der Waals surface area contributed by atoms with E-state index in [1.54, 1.807) is 17.6 Å². The van der Waals surface area contributed by atoms with Gasteiger partial charge in [0.1, 0.15) is 5.76 Å². The molecular weight excluding hydrogens is 494 g/mol. The highest BCUT2D eigenvalue weighted by molar-refractivity contribution is 7.10. The Morgan fingerprint density at radius 3 is 2.53 bits per heavy atom. The molecule has 3 aliphatic rings. The molecule has 0 saturated heterocycles. The van der Waals surface area contributed by atoms with Gasteiger partial charge in [0.2, 0.25) is 5.91 Å². The van der Waals surface area contributed by atoms with Crippen LogP contribution in [0.2, 0.25) is 0 Å². The second kappa shape index (κ2) is 11.5. The fourth-order valence-corrected chi connectivity index (χ4v) is 7.74. The van der Waals surface area contributed by atoms with E-state index in [1.165, 1.54) is 25.7 Å². The van der Waals surface area contributed by atoms with Crippen LogP contribution in [0.4, 0.5) is 0 Å². The molecule has 38 heavy (non-hydrogen) atoms. The van der Waals surface area contributed by atoms with Crippen LogP contribution in [-0.4, -0.2) is 46.8 Å². The number of thiophene rings is 1. The summed E-state index contributed by atoms with van der Waals surface area (Å²) >= 11 is 1.64. The van der Waals surface area contributed by atoms with Crippen molar-refractivity contribution in [1.82, 2.24) is 15.1 Å².